The van der Waals surface area contributed by atoms with Crippen molar-refractivity contribution in [2.24, 2.45) is 23.7 Å². The van der Waals surface area contributed by atoms with Gasteiger partial charge in [-0.3, -0.25) is 4.79 Å². The molecule has 0 amide bonds. The van der Waals surface area contributed by atoms with Crippen molar-refractivity contribution in [1.82, 2.24) is 0 Å². The second-order valence-corrected chi connectivity index (χ2v) is 25.2. The van der Waals surface area contributed by atoms with E-state index in [-0.39, 0.29) is 53.3 Å². The van der Waals surface area contributed by atoms with Gasteiger partial charge in [0.15, 0.2) is 16.6 Å². The number of hydrogen-bond donors (Lipinski definition) is 1. The van der Waals surface area contributed by atoms with Gasteiger partial charge in [0.2, 0.25) is 0 Å². The molecule has 1 aromatic rings. The Labute approximate surface area is 296 Å². The summed E-state index contributed by atoms with van der Waals surface area (Å²) in [4.78, 5) is 14.2. The van der Waals surface area contributed by atoms with E-state index < -0.39 is 34.8 Å². The number of hydrogen-bond acceptors (Lipinski definition) is 7. The average molecular weight is 709 g/mol. The highest BCUT2D eigenvalue weighted by Crippen LogP contribution is 2.41. The molecule has 0 aliphatic heterocycles. The zero-order valence-corrected chi connectivity index (χ0v) is 35.2. The number of rotatable bonds is 23. The summed E-state index contributed by atoms with van der Waals surface area (Å²) in [5, 5.41) is 11.5. The number of aliphatic hydroxyl groups excluding tert-OH is 1. The quantitative estimate of drug-likeness (QED) is 0.0896. The van der Waals surface area contributed by atoms with Crippen molar-refractivity contribution in [2.75, 3.05) is 14.2 Å². The first-order chi connectivity index (χ1) is 22.3. The Morgan fingerprint density at radius 2 is 1.42 bits per heavy atom. The number of carbonyl (C=O) groups is 1. The van der Waals surface area contributed by atoms with Gasteiger partial charge in [0.25, 0.3) is 0 Å². The van der Waals surface area contributed by atoms with E-state index in [1.165, 1.54) is 0 Å². The normalized spacial score (nSPS) is 18.0. The molecule has 0 aliphatic rings. The monoisotopic (exact) mass is 708 g/mol. The molecule has 0 saturated heterocycles. The van der Waals surface area contributed by atoms with E-state index in [2.05, 4.69) is 82.0 Å². The summed E-state index contributed by atoms with van der Waals surface area (Å²) in [6.07, 6.45) is -0.326. The van der Waals surface area contributed by atoms with Gasteiger partial charge in [0.05, 0.1) is 38.1 Å². The Kier molecular flexibility index (Phi) is 18.5. The molecular formula is C39H72O7Si2. The second kappa shape index (κ2) is 19.9. The molecule has 48 heavy (non-hydrogen) atoms. The Hall–Kier alpha value is -1.34. The van der Waals surface area contributed by atoms with Crippen LogP contribution in [0.25, 0.3) is 0 Å². The van der Waals surface area contributed by atoms with Crippen molar-refractivity contribution < 1.29 is 33.0 Å². The van der Waals surface area contributed by atoms with Gasteiger partial charge in [-0.25, -0.2) is 0 Å². The number of methoxy groups -OCH3 is 2. The van der Waals surface area contributed by atoms with Gasteiger partial charge in [-0.15, -0.1) is 6.58 Å². The van der Waals surface area contributed by atoms with Crippen molar-refractivity contribution >= 4 is 22.4 Å². The highest BCUT2D eigenvalue weighted by molar-refractivity contribution is 6.74. The van der Waals surface area contributed by atoms with Crippen molar-refractivity contribution in [3.8, 4) is 5.75 Å². The van der Waals surface area contributed by atoms with Crippen LogP contribution in [0.1, 0.15) is 88.1 Å². The van der Waals surface area contributed by atoms with Crippen molar-refractivity contribution in [2.45, 2.75) is 156 Å². The lowest BCUT2D eigenvalue weighted by molar-refractivity contribution is -0.132. The first kappa shape index (κ1) is 44.7. The van der Waals surface area contributed by atoms with Crippen LogP contribution in [0, 0.1) is 23.7 Å². The van der Waals surface area contributed by atoms with E-state index in [1.807, 2.05) is 44.2 Å². The molecule has 7 nitrogen and oxygen atoms in total. The second-order valence-electron chi connectivity index (χ2n) is 15.7. The third-order valence-corrected chi connectivity index (χ3v) is 20.3. The zero-order valence-electron chi connectivity index (χ0n) is 33.2. The Morgan fingerprint density at radius 1 is 0.875 bits per heavy atom. The summed E-state index contributed by atoms with van der Waals surface area (Å²) < 4.78 is 31.9. The third kappa shape index (κ3) is 12.2. The van der Waals surface area contributed by atoms with Gasteiger partial charge in [-0.05, 0) is 59.9 Å². The van der Waals surface area contributed by atoms with Crippen molar-refractivity contribution in [3.63, 3.8) is 0 Å². The smallest absolute Gasteiger partial charge is 0.192 e. The number of carbonyl (C=O) groups excluding carboxylic acids is 1. The van der Waals surface area contributed by atoms with Crippen molar-refractivity contribution in [3.05, 3.63) is 42.5 Å². The minimum Gasteiger partial charge on any atom is -0.497 e. The molecule has 1 rings (SSSR count). The van der Waals surface area contributed by atoms with Crippen LogP contribution < -0.4 is 4.74 Å². The van der Waals surface area contributed by atoms with Gasteiger partial charge in [-0.1, -0.05) is 94.4 Å². The molecule has 0 aliphatic carbocycles. The van der Waals surface area contributed by atoms with Crippen LogP contribution in [-0.2, 0) is 29.7 Å². The maximum absolute atomic E-state index is 14.2. The highest BCUT2D eigenvalue weighted by atomic mass is 28.4. The molecule has 0 saturated carbocycles. The SMILES string of the molecule is C=C[C@H](OC)[C@H](O[Si](CC)(CC)CC)[C@H](C)[C@@H](O[Si](C)(C)C(C)(C)C)[C@H](C)C(=O)C[C@H](O)[C@H](C)[C@H](OCc1ccc(OC)cc1)C(C)C. The maximum Gasteiger partial charge on any atom is 0.192 e. The van der Waals surface area contributed by atoms with E-state index in [0.717, 1.165) is 29.4 Å². The minimum atomic E-state index is -2.32. The average Bonchev–Trinajstić information content (AvgIpc) is 3.04. The Balaban J connectivity index is 3.38. The molecule has 0 spiro atoms. The summed E-state index contributed by atoms with van der Waals surface area (Å²) >= 11 is 0. The van der Waals surface area contributed by atoms with Gasteiger partial charge in [0, 0.05) is 31.3 Å². The fourth-order valence-corrected chi connectivity index (χ4v) is 10.7. The molecular weight excluding hydrogens is 637 g/mol. The first-order valence-electron chi connectivity index (χ1n) is 18.2. The van der Waals surface area contributed by atoms with Crippen molar-refractivity contribution in [1.29, 1.82) is 0 Å². The largest absolute Gasteiger partial charge is 0.497 e. The van der Waals surface area contributed by atoms with Crippen LogP contribution in [-0.4, -0.2) is 72.3 Å². The molecule has 0 aromatic heterocycles. The minimum absolute atomic E-state index is 0.0149. The van der Waals surface area contributed by atoms with E-state index in [1.54, 1.807) is 14.2 Å². The summed E-state index contributed by atoms with van der Waals surface area (Å²) in [5.74, 6) is 0.0447. The molecule has 0 bridgehead atoms. The van der Waals surface area contributed by atoms with E-state index in [9.17, 15) is 9.90 Å². The molecule has 0 heterocycles. The highest BCUT2D eigenvalue weighted by Gasteiger charge is 2.47. The molecule has 0 radical (unpaired) electrons. The lowest BCUT2D eigenvalue weighted by Crippen LogP contribution is -2.55. The Bertz CT molecular complexity index is 1070. The first-order valence-corrected chi connectivity index (χ1v) is 23.7. The van der Waals surface area contributed by atoms with Crippen LogP contribution >= 0.6 is 0 Å². The molecule has 278 valence electrons. The van der Waals surface area contributed by atoms with Crippen LogP contribution in [0.4, 0.5) is 0 Å². The fraction of sp³-hybridized carbons (Fsp3) is 0.769. The number of Topliss-reactive ketones (excluding diaryl/α,β-unsaturated/α-hetero) is 1. The van der Waals surface area contributed by atoms with Crippen LogP contribution in [0.3, 0.4) is 0 Å². The lowest BCUT2D eigenvalue weighted by atomic mass is 9.81. The van der Waals surface area contributed by atoms with E-state index >= 15 is 0 Å². The van der Waals surface area contributed by atoms with Gasteiger partial charge < -0.3 is 28.2 Å². The molecule has 1 N–H and O–H groups in total. The standard InChI is InChI=1S/C39H72O7Si2/c1-17-35(43-14)38(46-48(18-2,19-3)20-4)30(9)37(45-47(15,16)39(10,11)12)29(8)34(41)25-33(40)28(7)36(27(5)6)44-26-31-21-23-32(42-13)24-22-31/h17,21-24,27-30,33,35-38,40H,1,18-20,25-26H2,2-16H3/t28-,29+,30+,33-,35-,36+,37-,38+/m0/s1. The summed E-state index contributed by atoms with van der Waals surface area (Å²) in [7, 11) is -1.04. The van der Waals surface area contributed by atoms with Crippen LogP contribution in [0.5, 0.6) is 5.75 Å². The summed E-state index contributed by atoms with van der Waals surface area (Å²) in [6.45, 7) is 32.6. The zero-order chi connectivity index (χ0) is 37.0. The number of benzene rings is 1. The van der Waals surface area contributed by atoms with Crippen LogP contribution in [0.2, 0.25) is 36.3 Å². The van der Waals surface area contributed by atoms with Gasteiger partial charge in [-0.2, -0.15) is 0 Å². The van der Waals surface area contributed by atoms with E-state index in [4.69, 9.17) is 23.1 Å². The molecule has 0 unspecified atom stereocenters. The molecule has 1 aromatic carbocycles. The number of ketones is 1. The summed E-state index contributed by atoms with van der Waals surface area (Å²) in [6, 6.07) is 10.8. The molecule has 0 fully saturated rings. The molecule has 8 atom stereocenters. The number of ether oxygens (including phenoxy) is 3. The lowest BCUT2D eigenvalue weighted by Gasteiger charge is -2.46. The fourth-order valence-electron chi connectivity index (χ4n) is 6.34. The topological polar surface area (TPSA) is 83.5 Å². The maximum atomic E-state index is 14.2. The Morgan fingerprint density at radius 3 is 1.83 bits per heavy atom. The van der Waals surface area contributed by atoms with Gasteiger partial charge >= 0.3 is 0 Å². The predicted molar refractivity (Wildman–Crippen MR) is 205 cm³/mol. The predicted octanol–water partition coefficient (Wildman–Crippen LogP) is 9.45. The number of aliphatic hydroxyl groups is 1. The van der Waals surface area contributed by atoms with Crippen LogP contribution in [0.15, 0.2) is 36.9 Å². The third-order valence-electron chi connectivity index (χ3n) is 11.2. The van der Waals surface area contributed by atoms with E-state index in [0.29, 0.717) is 6.61 Å². The molecule has 9 heteroatoms. The summed E-state index contributed by atoms with van der Waals surface area (Å²) in [5.41, 5.74) is 1.03. The van der Waals surface area contributed by atoms with Gasteiger partial charge in [0.1, 0.15) is 17.6 Å².